The SMILES string of the molecule is CN(C)c1ccc(NC(=O)c2cccc(F)c2)cc1CN(C[C@H]1CCCO1)C(=O)c1ccc(F)cc1. The zero-order chi connectivity index (χ0) is 25.7. The molecule has 0 saturated carbocycles. The van der Waals surface area contributed by atoms with Gasteiger partial charge in [-0.3, -0.25) is 9.59 Å². The molecule has 188 valence electrons. The first-order chi connectivity index (χ1) is 17.3. The van der Waals surface area contributed by atoms with Crippen LogP contribution in [0.4, 0.5) is 20.2 Å². The second kappa shape index (κ2) is 11.3. The molecule has 0 aliphatic carbocycles. The van der Waals surface area contributed by atoms with Crippen molar-refractivity contribution in [1.29, 1.82) is 0 Å². The Labute approximate surface area is 209 Å². The summed E-state index contributed by atoms with van der Waals surface area (Å²) in [7, 11) is 3.80. The number of nitrogens with zero attached hydrogens (tertiary/aromatic N) is 2. The summed E-state index contributed by atoms with van der Waals surface area (Å²) in [4.78, 5) is 29.7. The number of carbonyl (C=O) groups excluding carboxylic acids is 2. The number of ether oxygens (including phenoxy) is 1. The van der Waals surface area contributed by atoms with E-state index in [1.54, 1.807) is 11.0 Å². The molecule has 0 radical (unpaired) electrons. The lowest BCUT2D eigenvalue weighted by atomic mass is 10.1. The van der Waals surface area contributed by atoms with Crippen LogP contribution in [0.25, 0.3) is 0 Å². The minimum Gasteiger partial charge on any atom is -0.377 e. The maximum absolute atomic E-state index is 13.6. The van der Waals surface area contributed by atoms with Gasteiger partial charge in [-0.2, -0.15) is 0 Å². The van der Waals surface area contributed by atoms with Gasteiger partial charge in [-0.05, 0) is 79.1 Å². The number of halogens is 2. The number of amides is 2. The molecule has 1 saturated heterocycles. The molecule has 1 atom stereocenters. The van der Waals surface area contributed by atoms with Crippen LogP contribution in [0.1, 0.15) is 39.1 Å². The van der Waals surface area contributed by atoms with Gasteiger partial charge in [-0.15, -0.1) is 0 Å². The van der Waals surface area contributed by atoms with E-state index in [0.717, 1.165) is 24.1 Å². The largest absolute Gasteiger partial charge is 0.377 e. The van der Waals surface area contributed by atoms with Crippen LogP contribution in [0.5, 0.6) is 0 Å². The van der Waals surface area contributed by atoms with E-state index >= 15 is 0 Å². The van der Waals surface area contributed by atoms with Gasteiger partial charge in [0.2, 0.25) is 0 Å². The summed E-state index contributed by atoms with van der Waals surface area (Å²) in [5.74, 6) is -1.56. The minimum atomic E-state index is -0.490. The first-order valence-electron chi connectivity index (χ1n) is 11.8. The summed E-state index contributed by atoms with van der Waals surface area (Å²) in [6.45, 7) is 1.31. The number of carbonyl (C=O) groups is 2. The lowest BCUT2D eigenvalue weighted by Gasteiger charge is -2.28. The third-order valence-electron chi connectivity index (χ3n) is 6.09. The highest BCUT2D eigenvalue weighted by Crippen LogP contribution is 2.27. The summed E-state index contributed by atoms with van der Waals surface area (Å²) < 4.78 is 32.8. The Balaban J connectivity index is 1.62. The van der Waals surface area contributed by atoms with Crippen molar-refractivity contribution in [2.75, 3.05) is 37.5 Å². The molecule has 1 heterocycles. The van der Waals surface area contributed by atoms with E-state index < -0.39 is 17.5 Å². The van der Waals surface area contributed by atoms with Gasteiger partial charge in [0.05, 0.1) is 6.10 Å². The summed E-state index contributed by atoms with van der Waals surface area (Å²) in [6, 6.07) is 16.4. The molecular formula is C28H29F2N3O3. The van der Waals surface area contributed by atoms with E-state index in [-0.39, 0.29) is 24.1 Å². The zero-order valence-electron chi connectivity index (χ0n) is 20.3. The second-order valence-corrected chi connectivity index (χ2v) is 9.03. The summed E-state index contributed by atoms with van der Waals surface area (Å²) in [5, 5.41) is 2.81. The molecule has 0 bridgehead atoms. The fraction of sp³-hybridized carbons (Fsp3) is 0.286. The molecule has 0 spiro atoms. The Morgan fingerprint density at radius 1 is 0.972 bits per heavy atom. The lowest BCUT2D eigenvalue weighted by molar-refractivity contribution is 0.0507. The molecule has 1 aliphatic rings. The molecule has 36 heavy (non-hydrogen) atoms. The van der Waals surface area contributed by atoms with Gasteiger partial charge in [0.1, 0.15) is 11.6 Å². The van der Waals surface area contributed by atoms with Crippen molar-refractivity contribution in [3.05, 3.63) is 95.1 Å². The van der Waals surface area contributed by atoms with Gasteiger partial charge in [-0.25, -0.2) is 8.78 Å². The number of hydrogen-bond acceptors (Lipinski definition) is 4. The predicted molar refractivity (Wildman–Crippen MR) is 135 cm³/mol. The number of nitrogens with one attached hydrogen (secondary N) is 1. The van der Waals surface area contributed by atoms with Crippen molar-refractivity contribution in [3.8, 4) is 0 Å². The summed E-state index contributed by atoms with van der Waals surface area (Å²) in [6.07, 6.45) is 1.72. The van der Waals surface area contributed by atoms with E-state index in [1.807, 2.05) is 31.1 Å². The second-order valence-electron chi connectivity index (χ2n) is 9.03. The van der Waals surface area contributed by atoms with Crippen molar-refractivity contribution in [1.82, 2.24) is 4.90 Å². The molecule has 8 heteroatoms. The van der Waals surface area contributed by atoms with Crippen molar-refractivity contribution < 1.29 is 23.1 Å². The van der Waals surface area contributed by atoms with Crippen LogP contribution in [0, 0.1) is 11.6 Å². The lowest BCUT2D eigenvalue weighted by Crippen LogP contribution is -2.37. The van der Waals surface area contributed by atoms with Crippen LogP contribution >= 0.6 is 0 Å². The quantitative estimate of drug-likeness (QED) is 0.474. The standard InChI is InChI=1S/C28H29F2N3O3/c1-32(2)26-13-12-24(31-27(34)20-5-3-6-23(30)15-20)16-21(26)17-33(18-25-7-4-14-36-25)28(35)19-8-10-22(29)11-9-19/h3,5-6,8-13,15-16,25H,4,7,14,17-18H2,1-2H3,(H,31,34)/t25-/m1/s1. The molecule has 0 aromatic heterocycles. The van der Waals surface area contributed by atoms with E-state index in [0.29, 0.717) is 24.4 Å². The molecular weight excluding hydrogens is 464 g/mol. The molecule has 1 aliphatic heterocycles. The first-order valence-corrected chi connectivity index (χ1v) is 11.8. The molecule has 4 rings (SSSR count). The first kappa shape index (κ1) is 25.3. The number of rotatable bonds is 8. The van der Waals surface area contributed by atoms with Crippen molar-refractivity contribution in [3.63, 3.8) is 0 Å². The molecule has 1 fully saturated rings. The Morgan fingerprint density at radius 3 is 2.42 bits per heavy atom. The van der Waals surface area contributed by atoms with Crippen LogP contribution < -0.4 is 10.2 Å². The molecule has 3 aromatic rings. The van der Waals surface area contributed by atoms with E-state index in [2.05, 4.69) is 5.32 Å². The van der Waals surface area contributed by atoms with Gasteiger partial charge >= 0.3 is 0 Å². The van der Waals surface area contributed by atoms with Crippen LogP contribution in [-0.2, 0) is 11.3 Å². The average Bonchev–Trinajstić information content (AvgIpc) is 3.37. The number of anilines is 2. The summed E-state index contributed by atoms with van der Waals surface area (Å²) >= 11 is 0. The van der Waals surface area contributed by atoms with Crippen molar-refractivity contribution in [2.45, 2.75) is 25.5 Å². The maximum Gasteiger partial charge on any atom is 0.255 e. The highest BCUT2D eigenvalue weighted by molar-refractivity contribution is 6.04. The smallest absolute Gasteiger partial charge is 0.255 e. The van der Waals surface area contributed by atoms with Crippen molar-refractivity contribution in [2.24, 2.45) is 0 Å². The third-order valence-corrected chi connectivity index (χ3v) is 6.09. The fourth-order valence-electron chi connectivity index (χ4n) is 4.29. The van der Waals surface area contributed by atoms with E-state index in [4.69, 9.17) is 4.74 Å². The van der Waals surface area contributed by atoms with Gasteiger partial charge in [0.15, 0.2) is 0 Å². The fourth-order valence-corrected chi connectivity index (χ4v) is 4.29. The maximum atomic E-state index is 13.6. The van der Waals surface area contributed by atoms with Crippen molar-refractivity contribution >= 4 is 23.2 Å². The van der Waals surface area contributed by atoms with Crippen LogP contribution in [-0.4, -0.2) is 50.1 Å². The number of hydrogen-bond donors (Lipinski definition) is 1. The van der Waals surface area contributed by atoms with Gasteiger partial charge < -0.3 is 19.9 Å². The van der Waals surface area contributed by atoms with Gasteiger partial charge in [-0.1, -0.05) is 6.07 Å². The monoisotopic (exact) mass is 493 g/mol. The Morgan fingerprint density at radius 2 is 1.75 bits per heavy atom. The highest BCUT2D eigenvalue weighted by atomic mass is 19.1. The molecule has 3 aromatic carbocycles. The summed E-state index contributed by atoms with van der Waals surface area (Å²) in [5.41, 5.74) is 2.81. The van der Waals surface area contributed by atoms with Gasteiger partial charge in [0, 0.05) is 56.3 Å². The molecule has 2 amide bonds. The highest BCUT2D eigenvalue weighted by Gasteiger charge is 2.25. The molecule has 0 unspecified atom stereocenters. The third kappa shape index (κ3) is 6.26. The Bertz CT molecular complexity index is 1220. The van der Waals surface area contributed by atoms with E-state index in [1.165, 1.54) is 48.5 Å². The average molecular weight is 494 g/mol. The van der Waals surface area contributed by atoms with Crippen LogP contribution in [0.2, 0.25) is 0 Å². The van der Waals surface area contributed by atoms with Crippen LogP contribution in [0.15, 0.2) is 66.7 Å². The number of benzene rings is 3. The normalized spacial score (nSPS) is 14.9. The Kier molecular flexibility index (Phi) is 7.95. The van der Waals surface area contributed by atoms with Gasteiger partial charge in [0.25, 0.3) is 11.8 Å². The predicted octanol–water partition coefficient (Wildman–Crippen LogP) is 5.10. The van der Waals surface area contributed by atoms with Crippen LogP contribution in [0.3, 0.4) is 0 Å². The topological polar surface area (TPSA) is 61.9 Å². The molecule has 6 nitrogen and oxygen atoms in total. The van der Waals surface area contributed by atoms with E-state index in [9.17, 15) is 18.4 Å². The Hall–Kier alpha value is -3.78. The molecule has 1 N–H and O–H groups in total. The minimum absolute atomic E-state index is 0.0759. The zero-order valence-corrected chi connectivity index (χ0v) is 20.3.